The Labute approximate surface area is 173 Å². The van der Waals surface area contributed by atoms with E-state index < -0.39 is 17.7 Å². The van der Waals surface area contributed by atoms with Gasteiger partial charge in [0, 0.05) is 18.0 Å². The molecule has 0 atom stereocenters. The van der Waals surface area contributed by atoms with Crippen LogP contribution in [0.3, 0.4) is 0 Å². The number of pyridine rings is 1. The number of benzene rings is 2. The molecule has 1 amide bonds. The van der Waals surface area contributed by atoms with E-state index in [1.165, 1.54) is 37.6 Å². The Balaban J connectivity index is 1.68. The maximum absolute atomic E-state index is 14.3. The molecule has 7 heteroatoms. The fraction of sp³-hybridized carbons (Fsp3) is 0.0870. The zero-order valence-corrected chi connectivity index (χ0v) is 16.4. The quantitative estimate of drug-likeness (QED) is 0.472. The molecule has 0 fully saturated rings. The Kier molecular flexibility index (Phi) is 6.54. The smallest absolute Gasteiger partial charge is 0.338 e. The molecule has 3 rings (SSSR count). The zero-order chi connectivity index (χ0) is 21.5. The summed E-state index contributed by atoms with van der Waals surface area (Å²) in [7, 11) is 1.29. The molecule has 6 nitrogen and oxygen atoms in total. The fourth-order valence-electron chi connectivity index (χ4n) is 2.69. The first-order valence-electron chi connectivity index (χ1n) is 9.02. The number of esters is 1. The van der Waals surface area contributed by atoms with E-state index in [9.17, 15) is 14.0 Å². The van der Waals surface area contributed by atoms with E-state index in [1.54, 1.807) is 49.5 Å². The van der Waals surface area contributed by atoms with Crippen molar-refractivity contribution in [3.05, 3.63) is 89.5 Å². The van der Waals surface area contributed by atoms with Gasteiger partial charge in [-0.3, -0.25) is 9.78 Å². The largest absolute Gasteiger partial charge is 0.465 e. The monoisotopic (exact) mass is 406 g/mol. The van der Waals surface area contributed by atoms with Crippen LogP contribution >= 0.6 is 0 Å². The van der Waals surface area contributed by atoms with Crippen molar-refractivity contribution in [2.75, 3.05) is 12.4 Å². The molecule has 30 heavy (non-hydrogen) atoms. The number of aromatic nitrogens is 1. The van der Waals surface area contributed by atoms with Crippen LogP contribution in [0, 0.1) is 12.7 Å². The molecule has 0 aliphatic carbocycles. The second kappa shape index (κ2) is 9.47. The maximum atomic E-state index is 14.3. The average Bonchev–Trinajstić information content (AvgIpc) is 2.75. The third-order valence-electron chi connectivity index (χ3n) is 4.24. The molecule has 3 aromatic rings. The Hall–Kier alpha value is -4.00. The van der Waals surface area contributed by atoms with Crippen LogP contribution in [0.4, 0.5) is 10.1 Å². The summed E-state index contributed by atoms with van der Waals surface area (Å²) in [5, 5.41) is 2.70. The van der Waals surface area contributed by atoms with Crippen molar-refractivity contribution in [3.63, 3.8) is 0 Å². The molecule has 0 bridgehead atoms. The topological polar surface area (TPSA) is 77.5 Å². The Bertz CT molecular complexity index is 1100. The van der Waals surface area contributed by atoms with Gasteiger partial charge in [0.25, 0.3) is 0 Å². The number of nitrogens with zero attached hydrogens (tertiary/aromatic N) is 1. The number of nitrogens with one attached hydrogen (secondary N) is 1. The van der Waals surface area contributed by atoms with Crippen molar-refractivity contribution in [1.82, 2.24) is 4.98 Å². The summed E-state index contributed by atoms with van der Waals surface area (Å²) in [5.74, 6) is -0.995. The minimum atomic E-state index is -0.567. The van der Waals surface area contributed by atoms with Crippen molar-refractivity contribution in [2.45, 2.75) is 6.92 Å². The number of halogens is 1. The number of amides is 1. The number of methoxy groups -OCH3 is 1. The molecule has 1 heterocycles. The third-order valence-corrected chi connectivity index (χ3v) is 4.24. The number of hydrogen-bond donors (Lipinski definition) is 1. The first-order chi connectivity index (χ1) is 14.5. The van der Waals surface area contributed by atoms with E-state index in [1.807, 2.05) is 0 Å². The maximum Gasteiger partial charge on any atom is 0.338 e. The van der Waals surface area contributed by atoms with Crippen molar-refractivity contribution >= 4 is 23.6 Å². The molecule has 152 valence electrons. The van der Waals surface area contributed by atoms with Gasteiger partial charge in [-0.25, -0.2) is 9.18 Å². The minimum absolute atomic E-state index is 0.0554. The molecule has 1 aromatic heterocycles. The predicted octanol–water partition coefficient (Wildman–Crippen LogP) is 4.76. The highest BCUT2D eigenvalue weighted by Crippen LogP contribution is 2.25. The first kappa shape index (κ1) is 20.7. The van der Waals surface area contributed by atoms with Crippen LogP contribution in [0.2, 0.25) is 0 Å². The number of carbonyl (C=O) groups excluding carboxylic acids is 2. The van der Waals surface area contributed by atoms with Crippen molar-refractivity contribution < 1.29 is 23.5 Å². The number of hydrogen-bond acceptors (Lipinski definition) is 5. The van der Waals surface area contributed by atoms with Gasteiger partial charge in [0.1, 0.15) is 5.75 Å². The van der Waals surface area contributed by atoms with Crippen LogP contribution in [0.5, 0.6) is 11.5 Å². The Morgan fingerprint density at radius 3 is 2.67 bits per heavy atom. The Morgan fingerprint density at radius 2 is 1.97 bits per heavy atom. The molecule has 0 aliphatic heterocycles. The van der Waals surface area contributed by atoms with E-state index in [2.05, 4.69) is 10.3 Å². The summed E-state index contributed by atoms with van der Waals surface area (Å²) in [6.07, 6.45) is 5.83. The molecule has 0 radical (unpaired) electrons. The van der Waals surface area contributed by atoms with E-state index in [0.717, 1.165) is 0 Å². The normalized spacial score (nSPS) is 10.6. The molecular weight excluding hydrogens is 387 g/mol. The van der Waals surface area contributed by atoms with E-state index in [0.29, 0.717) is 28.1 Å². The van der Waals surface area contributed by atoms with Crippen LogP contribution in [0.1, 0.15) is 21.5 Å². The van der Waals surface area contributed by atoms with Crippen LogP contribution in [0.25, 0.3) is 6.08 Å². The van der Waals surface area contributed by atoms with Crippen LogP contribution in [-0.2, 0) is 9.53 Å². The molecule has 2 aromatic carbocycles. The first-order valence-corrected chi connectivity index (χ1v) is 9.02. The van der Waals surface area contributed by atoms with E-state index >= 15 is 0 Å². The second-order valence-electron chi connectivity index (χ2n) is 6.27. The van der Waals surface area contributed by atoms with E-state index in [4.69, 9.17) is 9.47 Å². The van der Waals surface area contributed by atoms with Gasteiger partial charge in [0.2, 0.25) is 5.91 Å². The van der Waals surface area contributed by atoms with Gasteiger partial charge in [0.05, 0.1) is 18.9 Å². The summed E-state index contributed by atoms with van der Waals surface area (Å²) in [6, 6.07) is 12.7. The lowest BCUT2D eigenvalue weighted by atomic mass is 10.1. The van der Waals surface area contributed by atoms with Crippen LogP contribution in [-0.4, -0.2) is 24.0 Å². The molecule has 1 N–H and O–H groups in total. The van der Waals surface area contributed by atoms with Crippen LogP contribution in [0.15, 0.2) is 67.0 Å². The minimum Gasteiger partial charge on any atom is -0.465 e. The molecule has 0 aliphatic rings. The lowest BCUT2D eigenvalue weighted by molar-refractivity contribution is -0.111. The average molecular weight is 406 g/mol. The summed E-state index contributed by atoms with van der Waals surface area (Å²) in [5.41, 5.74) is 1.93. The van der Waals surface area contributed by atoms with Crippen molar-refractivity contribution in [1.29, 1.82) is 0 Å². The van der Waals surface area contributed by atoms with Gasteiger partial charge in [-0.1, -0.05) is 12.1 Å². The van der Waals surface area contributed by atoms with Crippen LogP contribution < -0.4 is 10.1 Å². The number of anilines is 1. The second-order valence-corrected chi connectivity index (χ2v) is 6.27. The number of carbonyl (C=O) groups is 2. The summed E-state index contributed by atoms with van der Waals surface area (Å²) in [4.78, 5) is 27.9. The fourth-order valence-corrected chi connectivity index (χ4v) is 2.69. The van der Waals surface area contributed by atoms with Crippen molar-refractivity contribution in [2.24, 2.45) is 0 Å². The SMILES string of the molecule is COC(=O)c1cccc(NC(=O)/C=C/c2ccc(Oc3cccnc3)c(F)c2)c1C. The summed E-state index contributed by atoms with van der Waals surface area (Å²) in [6.45, 7) is 1.71. The van der Waals surface area contributed by atoms with Gasteiger partial charge < -0.3 is 14.8 Å². The predicted molar refractivity (Wildman–Crippen MR) is 111 cm³/mol. The zero-order valence-electron chi connectivity index (χ0n) is 16.4. The van der Waals surface area contributed by atoms with Gasteiger partial charge in [-0.15, -0.1) is 0 Å². The highest BCUT2D eigenvalue weighted by Gasteiger charge is 2.12. The standard InChI is InChI=1S/C23H19FN2O4/c1-15-18(23(28)29-2)6-3-7-20(15)26-22(27)11-9-16-8-10-21(19(24)13-16)30-17-5-4-12-25-14-17/h3-14H,1-2H3,(H,26,27)/b11-9+. The molecule has 0 unspecified atom stereocenters. The van der Waals surface area contributed by atoms with Gasteiger partial charge in [-0.2, -0.15) is 0 Å². The highest BCUT2D eigenvalue weighted by molar-refractivity contribution is 6.03. The highest BCUT2D eigenvalue weighted by atomic mass is 19.1. The lowest BCUT2D eigenvalue weighted by Crippen LogP contribution is -2.11. The summed E-state index contributed by atoms with van der Waals surface area (Å²) < 4.78 is 24.5. The number of rotatable bonds is 6. The van der Waals surface area contributed by atoms with Gasteiger partial charge >= 0.3 is 5.97 Å². The van der Waals surface area contributed by atoms with Crippen molar-refractivity contribution in [3.8, 4) is 11.5 Å². The van der Waals surface area contributed by atoms with Gasteiger partial charge in [0.15, 0.2) is 11.6 Å². The lowest BCUT2D eigenvalue weighted by Gasteiger charge is -2.10. The molecule has 0 saturated carbocycles. The molecular formula is C23H19FN2O4. The summed E-state index contributed by atoms with van der Waals surface area (Å²) >= 11 is 0. The molecule has 0 spiro atoms. The van der Waals surface area contributed by atoms with E-state index in [-0.39, 0.29) is 5.75 Å². The van der Waals surface area contributed by atoms with Gasteiger partial charge in [-0.05, 0) is 60.5 Å². The number of ether oxygens (including phenoxy) is 2. The molecule has 0 saturated heterocycles. The Morgan fingerprint density at radius 1 is 1.13 bits per heavy atom. The third kappa shape index (κ3) is 5.08.